The van der Waals surface area contributed by atoms with Gasteiger partial charge in [-0.15, -0.1) is 6.58 Å². The predicted molar refractivity (Wildman–Crippen MR) is 101 cm³/mol. The van der Waals surface area contributed by atoms with Crippen molar-refractivity contribution in [1.82, 2.24) is 15.3 Å². The minimum absolute atomic E-state index is 0.246. The number of ether oxygens (including phenoxy) is 1. The molecule has 2 N–H and O–H groups in total. The van der Waals surface area contributed by atoms with Crippen molar-refractivity contribution in [3.63, 3.8) is 0 Å². The number of carbonyl (C=O) groups is 1. The number of carbonyl (C=O) groups excluding carboxylic acids is 1. The summed E-state index contributed by atoms with van der Waals surface area (Å²) in [5.74, 6) is 1.51. The zero-order valence-corrected chi connectivity index (χ0v) is 14.1. The van der Waals surface area contributed by atoms with Gasteiger partial charge in [-0.2, -0.15) is 0 Å². The Labute approximate surface area is 151 Å². The summed E-state index contributed by atoms with van der Waals surface area (Å²) in [6.07, 6.45) is 4.54. The first-order chi connectivity index (χ1) is 12.8. The summed E-state index contributed by atoms with van der Waals surface area (Å²) in [6, 6.07) is 17.0. The molecule has 6 nitrogen and oxygen atoms in total. The van der Waals surface area contributed by atoms with Crippen LogP contribution in [0.15, 0.2) is 79.6 Å². The average Bonchev–Trinajstić information content (AvgIpc) is 2.69. The first kappa shape index (κ1) is 17.2. The Morgan fingerprint density at radius 3 is 2.46 bits per heavy atom. The van der Waals surface area contributed by atoms with Crippen molar-refractivity contribution >= 4 is 17.5 Å². The second-order valence-corrected chi connectivity index (χ2v) is 5.33. The predicted octanol–water partition coefficient (Wildman–Crippen LogP) is 3.93. The summed E-state index contributed by atoms with van der Waals surface area (Å²) in [5, 5.41) is 5.78. The van der Waals surface area contributed by atoms with Crippen LogP contribution in [0.3, 0.4) is 0 Å². The van der Waals surface area contributed by atoms with E-state index >= 15 is 0 Å². The number of amides is 1. The number of hydrogen-bond acceptors (Lipinski definition) is 5. The highest BCUT2D eigenvalue weighted by Gasteiger charge is 2.08. The Morgan fingerprint density at radius 1 is 1.04 bits per heavy atom. The molecule has 0 fully saturated rings. The van der Waals surface area contributed by atoms with Gasteiger partial charge in [0.2, 0.25) is 5.95 Å². The highest BCUT2D eigenvalue weighted by atomic mass is 16.5. The van der Waals surface area contributed by atoms with E-state index < -0.39 is 0 Å². The van der Waals surface area contributed by atoms with Gasteiger partial charge in [-0.3, -0.25) is 4.79 Å². The lowest BCUT2D eigenvalue weighted by atomic mass is 10.3. The smallest absolute Gasteiger partial charge is 0.254 e. The standard InChI is InChI=1S/C20H18N4O2/c1-2-12-21-19(25)15-13-22-20(23-14-15)24-17-10-6-7-11-18(17)26-16-8-4-3-5-9-16/h2-11,13-14H,1,12H2,(H,21,25)(H,22,23,24). The van der Waals surface area contributed by atoms with Crippen LogP contribution in [-0.2, 0) is 0 Å². The maximum atomic E-state index is 11.9. The highest BCUT2D eigenvalue weighted by Crippen LogP contribution is 2.30. The molecule has 1 amide bonds. The first-order valence-corrected chi connectivity index (χ1v) is 8.06. The summed E-state index contributed by atoms with van der Waals surface area (Å²) in [6.45, 7) is 3.95. The Kier molecular flexibility index (Phi) is 5.57. The number of hydrogen-bond donors (Lipinski definition) is 2. The highest BCUT2D eigenvalue weighted by molar-refractivity contribution is 5.93. The van der Waals surface area contributed by atoms with Gasteiger partial charge in [0.1, 0.15) is 5.75 Å². The van der Waals surface area contributed by atoms with Gasteiger partial charge in [-0.1, -0.05) is 36.4 Å². The molecule has 2 aromatic carbocycles. The van der Waals surface area contributed by atoms with Crippen molar-refractivity contribution in [2.75, 3.05) is 11.9 Å². The number of aromatic nitrogens is 2. The quantitative estimate of drug-likeness (QED) is 0.634. The van der Waals surface area contributed by atoms with Crippen LogP contribution in [0.5, 0.6) is 11.5 Å². The second kappa shape index (κ2) is 8.43. The van der Waals surface area contributed by atoms with E-state index in [2.05, 4.69) is 27.2 Å². The Balaban J connectivity index is 1.73. The van der Waals surface area contributed by atoms with Crippen molar-refractivity contribution in [2.45, 2.75) is 0 Å². The van der Waals surface area contributed by atoms with E-state index in [4.69, 9.17) is 4.74 Å². The van der Waals surface area contributed by atoms with Crippen LogP contribution in [-0.4, -0.2) is 22.4 Å². The van der Waals surface area contributed by atoms with Gasteiger partial charge in [0.25, 0.3) is 5.91 Å². The van der Waals surface area contributed by atoms with Gasteiger partial charge in [-0.25, -0.2) is 9.97 Å². The first-order valence-electron chi connectivity index (χ1n) is 8.06. The molecule has 130 valence electrons. The maximum absolute atomic E-state index is 11.9. The fourth-order valence-electron chi connectivity index (χ4n) is 2.17. The number of nitrogens with zero attached hydrogens (tertiary/aromatic N) is 2. The molecule has 0 atom stereocenters. The fraction of sp³-hybridized carbons (Fsp3) is 0.0500. The summed E-state index contributed by atoms with van der Waals surface area (Å²) in [4.78, 5) is 20.2. The molecule has 0 saturated carbocycles. The van der Waals surface area contributed by atoms with E-state index in [1.807, 2.05) is 54.6 Å². The lowest BCUT2D eigenvalue weighted by Gasteiger charge is -2.12. The van der Waals surface area contributed by atoms with Crippen molar-refractivity contribution in [1.29, 1.82) is 0 Å². The molecule has 1 heterocycles. The third-order valence-corrected chi connectivity index (χ3v) is 3.43. The Bertz CT molecular complexity index is 880. The van der Waals surface area contributed by atoms with E-state index in [1.165, 1.54) is 12.4 Å². The molecule has 3 aromatic rings. The molecule has 0 saturated heterocycles. The molecule has 3 rings (SSSR count). The number of para-hydroxylation sites is 3. The van der Waals surface area contributed by atoms with Gasteiger partial charge in [-0.05, 0) is 24.3 Å². The van der Waals surface area contributed by atoms with Crippen LogP contribution in [0, 0.1) is 0 Å². The van der Waals surface area contributed by atoms with Gasteiger partial charge in [0.05, 0.1) is 11.3 Å². The number of anilines is 2. The minimum Gasteiger partial charge on any atom is -0.455 e. The van der Waals surface area contributed by atoms with Gasteiger partial charge in [0, 0.05) is 18.9 Å². The van der Waals surface area contributed by atoms with Crippen molar-refractivity contribution in [3.8, 4) is 11.5 Å². The SMILES string of the molecule is C=CCNC(=O)c1cnc(Nc2ccccc2Oc2ccccc2)nc1. The summed E-state index contributed by atoms with van der Waals surface area (Å²) >= 11 is 0. The third-order valence-electron chi connectivity index (χ3n) is 3.43. The van der Waals surface area contributed by atoms with Crippen molar-refractivity contribution in [2.24, 2.45) is 0 Å². The van der Waals surface area contributed by atoms with E-state index in [0.717, 1.165) is 11.4 Å². The van der Waals surface area contributed by atoms with E-state index in [1.54, 1.807) is 6.08 Å². The lowest BCUT2D eigenvalue weighted by Crippen LogP contribution is -2.23. The van der Waals surface area contributed by atoms with E-state index in [9.17, 15) is 4.79 Å². The van der Waals surface area contributed by atoms with Gasteiger partial charge >= 0.3 is 0 Å². The largest absolute Gasteiger partial charge is 0.455 e. The van der Waals surface area contributed by atoms with Crippen LogP contribution in [0.25, 0.3) is 0 Å². The topological polar surface area (TPSA) is 76.1 Å². The normalized spacial score (nSPS) is 10.0. The molecule has 0 unspecified atom stereocenters. The van der Waals surface area contributed by atoms with E-state index in [0.29, 0.717) is 23.8 Å². The van der Waals surface area contributed by atoms with Crippen molar-refractivity contribution < 1.29 is 9.53 Å². The van der Waals surface area contributed by atoms with E-state index in [-0.39, 0.29) is 5.91 Å². The van der Waals surface area contributed by atoms with Crippen LogP contribution in [0.4, 0.5) is 11.6 Å². The molecule has 6 heteroatoms. The average molecular weight is 346 g/mol. The second-order valence-electron chi connectivity index (χ2n) is 5.33. The number of rotatable bonds is 7. The van der Waals surface area contributed by atoms with Gasteiger partial charge in [0.15, 0.2) is 5.75 Å². The zero-order chi connectivity index (χ0) is 18.2. The Morgan fingerprint density at radius 2 is 1.73 bits per heavy atom. The van der Waals surface area contributed by atoms with Crippen LogP contribution in [0.1, 0.15) is 10.4 Å². The molecular formula is C20H18N4O2. The molecular weight excluding hydrogens is 328 g/mol. The fourth-order valence-corrected chi connectivity index (χ4v) is 2.17. The molecule has 0 spiro atoms. The molecule has 0 aliphatic carbocycles. The molecule has 0 aliphatic heterocycles. The number of nitrogens with one attached hydrogen (secondary N) is 2. The summed E-state index contributed by atoms with van der Waals surface area (Å²) < 4.78 is 5.90. The molecule has 0 bridgehead atoms. The monoisotopic (exact) mass is 346 g/mol. The zero-order valence-electron chi connectivity index (χ0n) is 14.1. The van der Waals surface area contributed by atoms with Crippen LogP contribution >= 0.6 is 0 Å². The lowest BCUT2D eigenvalue weighted by molar-refractivity contribution is 0.0957. The third kappa shape index (κ3) is 4.45. The minimum atomic E-state index is -0.246. The summed E-state index contributed by atoms with van der Waals surface area (Å²) in [5.41, 5.74) is 1.10. The number of benzene rings is 2. The molecule has 0 radical (unpaired) electrons. The maximum Gasteiger partial charge on any atom is 0.254 e. The molecule has 26 heavy (non-hydrogen) atoms. The van der Waals surface area contributed by atoms with Crippen molar-refractivity contribution in [3.05, 3.63) is 85.2 Å². The van der Waals surface area contributed by atoms with Gasteiger partial charge < -0.3 is 15.4 Å². The molecule has 0 aliphatic rings. The Hall–Kier alpha value is -3.67. The van der Waals surface area contributed by atoms with Crippen LogP contribution in [0.2, 0.25) is 0 Å². The summed E-state index contributed by atoms with van der Waals surface area (Å²) in [7, 11) is 0. The molecule has 1 aromatic heterocycles. The van der Waals surface area contributed by atoms with Crippen LogP contribution < -0.4 is 15.4 Å².